The molecule has 0 unspecified atom stereocenters. The van der Waals surface area contributed by atoms with Crippen LogP contribution in [0.25, 0.3) is 0 Å². The fourth-order valence-corrected chi connectivity index (χ4v) is 3.87. The van der Waals surface area contributed by atoms with E-state index in [1.807, 2.05) is 0 Å². The van der Waals surface area contributed by atoms with Crippen LogP contribution in [0.2, 0.25) is 0 Å². The van der Waals surface area contributed by atoms with E-state index in [9.17, 15) is 9.59 Å². The zero-order valence-electron chi connectivity index (χ0n) is 10.5. The van der Waals surface area contributed by atoms with Crippen molar-refractivity contribution in [1.29, 1.82) is 0 Å². The molecule has 0 spiro atoms. The van der Waals surface area contributed by atoms with Gasteiger partial charge in [0.15, 0.2) is 0 Å². The van der Waals surface area contributed by atoms with E-state index in [0.29, 0.717) is 9.79 Å². The first kappa shape index (κ1) is 17.6. The van der Waals surface area contributed by atoms with Crippen molar-refractivity contribution < 1.29 is 36.6 Å². The molecule has 4 nitrogen and oxygen atoms in total. The van der Waals surface area contributed by atoms with Crippen LogP contribution in [-0.4, -0.2) is 22.2 Å². The van der Waals surface area contributed by atoms with Crippen LogP contribution in [0, 0.1) is 0 Å². The standard InChI is InChI=1S/C14H10O4S2.Co/c15-13(16)9-5-1-3-7-11(9)19-20-12-8-4-2-6-10(12)14(17)18;/h1-8H,(H,15,16)(H,17,18);. The molecular formula is C14H10CoO4S2. The maximum Gasteiger partial charge on any atom is 0.336 e. The van der Waals surface area contributed by atoms with E-state index in [2.05, 4.69) is 0 Å². The van der Waals surface area contributed by atoms with Gasteiger partial charge in [-0.2, -0.15) is 0 Å². The summed E-state index contributed by atoms with van der Waals surface area (Å²) in [5.41, 5.74) is 0.413. The molecule has 0 aliphatic rings. The van der Waals surface area contributed by atoms with Crippen LogP contribution in [0.4, 0.5) is 0 Å². The van der Waals surface area contributed by atoms with Crippen molar-refractivity contribution in [3.05, 3.63) is 59.7 Å². The predicted molar refractivity (Wildman–Crippen MR) is 78.5 cm³/mol. The summed E-state index contributed by atoms with van der Waals surface area (Å²) in [7, 11) is 2.47. The Morgan fingerprint density at radius 2 is 1.05 bits per heavy atom. The zero-order valence-corrected chi connectivity index (χ0v) is 13.2. The molecule has 21 heavy (non-hydrogen) atoms. The van der Waals surface area contributed by atoms with Gasteiger partial charge in [-0.05, 0) is 24.3 Å². The molecule has 0 atom stereocenters. The van der Waals surface area contributed by atoms with E-state index < -0.39 is 11.9 Å². The van der Waals surface area contributed by atoms with Crippen LogP contribution >= 0.6 is 21.6 Å². The first-order valence-corrected chi connectivity index (χ1v) is 7.73. The first-order chi connectivity index (χ1) is 9.59. The number of rotatable bonds is 5. The van der Waals surface area contributed by atoms with Gasteiger partial charge in [-0.3, -0.25) is 0 Å². The Balaban J connectivity index is 0.00000220. The van der Waals surface area contributed by atoms with Gasteiger partial charge in [-0.1, -0.05) is 45.9 Å². The normalized spacial score (nSPS) is 9.71. The maximum absolute atomic E-state index is 11.1. The van der Waals surface area contributed by atoms with E-state index in [1.165, 1.54) is 33.7 Å². The van der Waals surface area contributed by atoms with E-state index in [0.717, 1.165) is 0 Å². The Hall–Kier alpha value is -1.41. The van der Waals surface area contributed by atoms with Gasteiger partial charge in [0.05, 0.1) is 11.1 Å². The van der Waals surface area contributed by atoms with Gasteiger partial charge in [-0.15, -0.1) is 0 Å². The van der Waals surface area contributed by atoms with Crippen LogP contribution in [-0.2, 0) is 16.8 Å². The SMILES string of the molecule is O=C(O)c1ccccc1SSc1ccccc1C(=O)O.[Co]. The molecule has 0 aliphatic heterocycles. The van der Waals surface area contributed by atoms with Gasteiger partial charge in [0.25, 0.3) is 0 Å². The van der Waals surface area contributed by atoms with Gasteiger partial charge < -0.3 is 10.2 Å². The Bertz CT molecular complexity index is 603. The molecule has 2 aromatic rings. The molecule has 1 radical (unpaired) electrons. The Labute approximate surface area is 139 Å². The minimum absolute atomic E-state index is 0. The topological polar surface area (TPSA) is 74.6 Å². The molecule has 0 amide bonds. The molecule has 2 aromatic carbocycles. The van der Waals surface area contributed by atoms with Gasteiger partial charge >= 0.3 is 11.9 Å². The second kappa shape index (κ2) is 8.13. The summed E-state index contributed by atoms with van der Waals surface area (Å²) < 4.78 is 0. The number of carbonyl (C=O) groups is 2. The number of hydrogen-bond donors (Lipinski definition) is 2. The zero-order chi connectivity index (χ0) is 14.5. The smallest absolute Gasteiger partial charge is 0.336 e. The molecular weight excluding hydrogens is 355 g/mol. The number of aromatic carboxylic acids is 2. The van der Waals surface area contributed by atoms with E-state index in [4.69, 9.17) is 10.2 Å². The largest absolute Gasteiger partial charge is 0.478 e. The van der Waals surface area contributed by atoms with Gasteiger partial charge in [0, 0.05) is 26.6 Å². The van der Waals surface area contributed by atoms with Crippen LogP contribution in [0.3, 0.4) is 0 Å². The summed E-state index contributed by atoms with van der Waals surface area (Å²) >= 11 is 0. The summed E-state index contributed by atoms with van der Waals surface area (Å²) in [5.74, 6) is -2.00. The van der Waals surface area contributed by atoms with Crippen molar-refractivity contribution in [2.45, 2.75) is 9.79 Å². The Kier molecular flexibility index (Phi) is 6.83. The van der Waals surface area contributed by atoms with Crippen LogP contribution in [0.15, 0.2) is 58.3 Å². The third-order valence-corrected chi connectivity index (χ3v) is 4.94. The van der Waals surface area contributed by atoms with Gasteiger partial charge in [0.1, 0.15) is 0 Å². The molecule has 111 valence electrons. The summed E-state index contributed by atoms with van der Waals surface area (Å²) in [4.78, 5) is 23.4. The molecule has 7 heteroatoms. The van der Waals surface area contributed by atoms with Crippen molar-refractivity contribution in [1.82, 2.24) is 0 Å². The van der Waals surface area contributed by atoms with E-state index >= 15 is 0 Å². The van der Waals surface area contributed by atoms with Crippen molar-refractivity contribution in [3.63, 3.8) is 0 Å². The third kappa shape index (κ3) is 4.53. The van der Waals surface area contributed by atoms with Crippen LogP contribution in [0.5, 0.6) is 0 Å². The average Bonchev–Trinajstić information content (AvgIpc) is 2.45. The second-order valence-corrected chi connectivity index (χ2v) is 5.98. The Morgan fingerprint density at radius 1 is 0.714 bits per heavy atom. The summed E-state index contributed by atoms with van der Waals surface area (Å²) in [6, 6.07) is 13.3. The number of benzene rings is 2. The molecule has 0 saturated carbocycles. The van der Waals surface area contributed by atoms with Gasteiger partial charge in [-0.25, -0.2) is 9.59 Å². The fourth-order valence-electron chi connectivity index (χ4n) is 1.52. The van der Waals surface area contributed by atoms with Crippen molar-refractivity contribution in [2.24, 2.45) is 0 Å². The van der Waals surface area contributed by atoms with Crippen LogP contribution in [0.1, 0.15) is 20.7 Å². The number of carboxylic acid groups (broad SMARTS) is 2. The fraction of sp³-hybridized carbons (Fsp3) is 0. The molecule has 0 aliphatic carbocycles. The number of carboxylic acids is 2. The average molecular weight is 365 g/mol. The predicted octanol–water partition coefficient (Wildman–Crippen LogP) is 3.88. The maximum atomic E-state index is 11.1. The van der Waals surface area contributed by atoms with Crippen molar-refractivity contribution in [2.75, 3.05) is 0 Å². The van der Waals surface area contributed by atoms with Crippen molar-refractivity contribution in [3.8, 4) is 0 Å². The molecule has 2 rings (SSSR count). The van der Waals surface area contributed by atoms with Crippen LogP contribution < -0.4 is 0 Å². The molecule has 0 saturated heterocycles. The molecule has 0 aromatic heterocycles. The van der Waals surface area contributed by atoms with E-state index in [-0.39, 0.29) is 27.9 Å². The quantitative estimate of drug-likeness (QED) is 0.784. The molecule has 0 bridgehead atoms. The molecule has 0 fully saturated rings. The second-order valence-electron chi connectivity index (χ2n) is 3.77. The van der Waals surface area contributed by atoms with E-state index in [1.54, 1.807) is 36.4 Å². The number of hydrogen-bond acceptors (Lipinski definition) is 4. The van der Waals surface area contributed by atoms with Gasteiger partial charge in [0.2, 0.25) is 0 Å². The molecule has 0 heterocycles. The Morgan fingerprint density at radius 3 is 1.38 bits per heavy atom. The third-order valence-electron chi connectivity index (χ3n) is 2.46. The van der Waals surface area contributed by atoms with Crippen molar-refractivity contribution >= 4 is 33.5 Å². The monoisotopic (exact) mass is 365 g/mol. The summed E-state index contributed by atoms with van der Waals surface area (Å²) in [6.07, 6.45) is 0. The summed E-state index contributed by atoms with van der Waals surface area (Å²) in [5, 5.41) is 18.2. The minimum atomic E-state index is -1.000. The minimum Gasteiger partial charge on any atom is -0.478 e. The first-order valence-electron chi connectivity index (χ1n) is 5.59. The molecule has 2 N–H and O–H groups in total. The summed E-state index contributed by atoms with van der Waals surface area (Å²) in [6.45, 7) is 0.